The highest BCUT2D eigenvalue weighted by Gasteiger charge is 2.63. The van der Waals surface area contributed by atoms with Gasteiger partial charge in [0.05, 0.1) is 48.9 Å². The second kappa shape index (κ2) is 9.64. The Labute approximate surface area is 247 Å². The summed E-state index contributed by atoms with van der Waals surface area (Å²) in [7, 11) is 1.21. The molecule has 2 aliphatic heterocycles. The Morgan fingerprint density at radius 2 is 1.91 bits per heavy atom. The number of carbonyl (C=O) groups is 2. The van der Waals surface area contributed by atoms with Gasteiger partial charge in [0, 0.05) is 42.1 Å². The van der Waals surface area contributed by atoms with Crippen LogP contribution >= 0.6 is 0 Å². The van der Waals surface area contributed by atoms with Gasteiger partial charge >= 0.3 is 6.09 Å². The van der Waals surface area contributed by atoms with Gasteiger partial charge in [-0.15, -0.1) is 0 Å². The molecule has 1 saturated carbocycles. The van der Waals surface area contributed by atoms with Gasteiger partial charge in [0.1, 0.15) is 5.60 Å². The Morgan fingerprint density at radius 3 is 2.61 bits per heavy atom. The zero-order valence-electron chi connectivity index (χ0n) is 23.6. The molecule has 1 aliphatic carbocycles. The summed E-state index contributed by atoms with van der Waals surface area (Å²) in [5.74, 6) is -0.673. The number of nitrogens with zero attached hydrogens (tertiary/aromatic N) is 7. The predicted octanol–water partition coefficient (Wildman–Crippen LogP) is 3.18. The number of ether oxygens (including phenoxy) is 1. The van der Waals surface area contributed by atoms with Gasteiger partial charge < -0.3 is 29.5 Å². The molecule has 2 saturated heterocycles. The summed E-state index contributed by atoms with van der Waals surface area (Å²) in [5.41, 5.74) is -1.33. The SMILES string of the molecule is COC(=O)N1CC(F)(c2nc(-c3cnc(C)c(NC(=O)c4cnn5ccc(N6CC7(C6)CC(O)(C(F)F)C7)cc45)c3)no2)C1. The molecule has 3 fully saturated rings. The molecule has 0 bridgehead atoms. The Bertz CT molecular complexity index is 1790. The second-order valence-corrected chi connectivity index (χ2v) is 11.9. The zero-order chi connectivity index (χ0) is 31.0. The number of aromatic nitrogens is 5. The second-order valence-electron chi connectivity index (χ2n) is 11.9. The van der Waals surface area contributed by atoms with Crippen LogP contribution in [-0.4, -0.2) is 92.1 Å². The maximum Gasteiger partial charge on any atom is 0.409 e. The molecule has 2 N–H and O–H groups in total. The van der Waals surface area contributed by atoms with Crippen molar-refractivity contribution >= 4 is 28.9 Å². The van der Waals surface area contributed by atoms with Crippen LogP contribution in [-0.2, 0) is 10.4 Å². The first-order valence-corrected chi connectivity index (χ1v) is 13.8. The van der Waals surface area contributed by atoms with E-state index in [2.05, 4.69) is 30.3 Å². The number of rotatable bonds is 6. The summed E-state index contributed by atoms with van der Waals surface area (Å²) in [6, 6.07) is 5.24. The lowest BCUT2D eigenvalue weighted by Gasteiger charge is -2.62. The average molecular weight is 613 g/mol. The van der Waals surface area contributed by atoms with Gasteiger partial charge in [0.2, 0.25) is 11.5 Å². The lowest BCUT2D eigenvalue weighted by Crippen LogP contribution is -2.70. The molecular weight excluding hydrogens is 585 g/mol. The largest absolute Gasteiger partial charge is 0.453 e. The van der Waals surface area contributed by atoms with Crippen molar-refractivity contribution in [2.75, 3.05) is 43.5 Å². The first kappa shape index (κ1) is 28.1. The molecule has 44 heavy (non-hydrogen) atoms. The van der Waals surface area contributed by atoms with E-state index in [1.807, 2.05) is 17.0 Å². The maximum atomic E-state index is 15.2. The van der Waals surface area contributed by atoms with Gasteiger partial charge in [0.25, 0.3) is 18.2 Å². The van der Waals surface area contributed by atoms with Crippen molar-refractivity contribution in [1.29, 1.82) is 0 Å². The summed E-state index contributed by atoms with van der Waals surface area (Å²) < 4.78 is 52.6. The summed E-state index contributed by atoms with van der Waals surface area (Å²) >= 11 is 0. The van der Waals surface area contributed by atoms with Gasteiger partial charge in [-0.2, -0.15) is 10.1 Å². The maximum absolute atomic E-state index is 15.2. The Morgan fingerprint density at radius 1 is 1.16 bits per heavy atom. The highest BCUT2D eigenvalue weighted by atomic mass is 19.3. The van der Waals surface area contributed by atoms with E-state index in [0.717, 1.165) is 5.69 Å². The molecule has 0 unspecified atom stereocenters. The summed E-state index contributed by atoms with van der Waals surface area (Å²) in [6.45, 7) is 2.22. The molecule has 13 nitrogen and oxygen atoms in total. The first-order valence-electron chi connectivity index (χ1n) is 13.8. The normalized spacial score (nSPS) is 19.4. The van der Waals surface area contributed by atoms with Crippen LogP contribution in [0.3, 0.4) is 0 Å². The van der Waals surface area contributed by atoms with Crippen LogP contribution in [0.25, 0.3) is 16.9 Å². The number of fused-ring (bicyclic) bond motifs is 1. The van der Waals surface area contributed by atoms with Crippen molar-refractivity contribution in [3.8, 4) is 11.4 Å². The van der Waals surface area contributed by atoms with Crippen molar-refractivity contribution in [1.82, 2.24) is 29.6 Å². The molecule has 0 radical (unpaired) electrons. The number of likely N-dealkylation sites (tertiary alicyclic amines) is 1. The number of anilines is 2. The fourth-order valence-electron chi connectivity index (χ4n) is 6.36. The lowest BCUT2D eigenvalue weighted by molar-refractivity contribution is -0.209. The summed E-state index contributed by atoms with van der Waals surface area (Å²) in [4.78, 5) is 36.6. The molecule has 1 spiro atoms. The van der Waals surface area contributed by atoms with E-state index in [4.69, 9.17) is 4.52 Å². The molecule has 3 aliphatic rings. The number of halogens is 3. The van der Waals surface area contributed by atoms with Crippen molar-refractivity contribution in [2.45, 2.75) is 37.5 Å². The Kier molecular flexibility index (Phi) is 6.15. The third-order valence-corrected chi connectivity index (χ3v) is 8.65. The minimum absolute atomic E-state index is 0.0583. The van der Waals surface area contributed by atoms with E-state index in [9.17, 15) is 23.5 Å². The highest BCUT2D eigenvalue weighted by Crippen LogP contribution is 2.56. The van der Waals surface area contributed by atoms with E-state index in [1.165, 1.54) is 24.4 Å². The number of pyridine rings is 2. The molecule has 6 heterocycles. The Hall–Kier alpha value is -4.73. The number of nitrogens with one attached hydrogen (secondary N) is 1. The number of amides is 2. The monoisotopic (exact) mass is 612 g/mol. The van der Waals surface area contributed by atoms with Crippen molar-refractivity contribution < 1.29 is 37.1 Å². The number of carbonyl (C=O) groups excluding carboxylic acids is 2. The van der Waals surface area contributed by atoms with Crippen molar-refractivity contribution in [2.24, 2.45) is 5.41 Å². The first-order chi connectivity index (χ1) is 20.9. The minimum Gasteiger partial charge on any atom is -0.453 e. The van der Waals surface area contributed by atoms with Gasteiger partial charge in [-0.05, 0) is 38.0 Å². The molecule has 7 rings (SSSR count). The number of methoxy groups -OCH3 is 1. The van der Waals surface area contributed by atoms with E-state index >= 15 is 4.39 Å². The molecule has 0 atom stereocenters. The molecule has 16 heteroatoms. The van der Waals surface area contributed by atoms with E-state index in [0.29, 0.717) is 41.1 Å². The van der Waals surface area contributed by atoms with Crippen LogP contribution in [0.1, 0.15) is 34.8 Å². The van der Waals surface area contributed by atoms with Gasteiger partial charge in [-0.1, -0.05) is 5.16 Å². The van der Waals surface area contributed by atoms with Crippen LogP contribution in [0.15, 0.2) is 41.3 Å². The predicted molar refractivity (Wildman–Crippen MR) is 147 cm³/mol. The van der Waals surface area contributed by atoms with E-state index in [1.54, 1.807) is 23.7 Å². The van der Waals surface area contributed by atoms with Gasteiger partial charge in [-0.3, -0.25) is 9.78 Å². The zero-order valence-corrected chi connectivity index (χ0v) is 23.6. The van der Waals surface area contributed by atoms with Crippen molar-refractivity contribution in [3.05, 3.63) is 53.9 Å². The van der Waals surface area contributed by atoms with Crippen LogP contribution < -0.4 is 10.2 Å². The fraction of sp³-hybridized carbons (Fsp3) is 0.429. The van der Waals surface area contributed by atoms with Crippen LogP contribution in [0.2, 0.25) is 0 Å². The van der Waals surface area contributed by atoms with E-state index < -0.39 is 29.7 Å². The molecular formula is C28H27F3N8O5. The molecule has 4 aromatic heterocycles. The number of aliphatic hydroxyl groups is 1. The van der Waals surface area contributed by atoms with E-state index in [-0.39, 0.29) is 43.1 Å². The summed E-state index contributed by atoms with van der Waals surface area (Å²) in [5, 5.41) is 21.0. The lowest BCUT2D eigenvalue weighted by atomic mass is 9.55. The van der Waals surface area contributed by atoms with Crippen molar-refractivity contribution in [3.63, 3.8) is 0 Å². The minimum atomic E-state index is -2.76. The number of alkyl halides is 3. The smallest absolute Gasteiger partial charge is 0.409 e. The third-order valence-electron chi connectivity index (χ3n) is 8.65. The number of aryl methyl sites for hydroxylation is 1. The topological polar surface area (TPSA) is 151 Å². The highest BCUT2D eigenvalue weighted by molar-refractivity contribution is 6.09. The number of hydrogen-bond donors (Lipinski definition) is 2. The molecule has 4 aromatic rings. The average Bonchev–Trinajstić information content (AvgIpc) is 3.61. The fourth-order valence-corrected chi connectivity index (χ4v) is 6.36. The van der Waals surface area contributed by atoms with Crippen LogP contribution in [0.4, 0.5) is 29.3 Å². The molecule has 230 valence electrons. The van der Waals surface area contributed by atoms with Crippen LogP contribution in [0, 0.1) is 12.3 Å². The third kappa shape index (κ3) is 4.42. The molecule has 2 amide bonds. The Balaban J connectivity index is 1.06. The quantitative estimate of drug-likeness (QED) is 0.332. The van der Waals surface area contributed by atoms with Gasteiger partial charge in [0.15, 0.2) is 0 Å². The number of hydrogen-bond acceptors (Lipinski definition) is 10. The summed E-state index contributed by atoms with van der Waals surface area (Å²) in [6.07, 6.45) is 1.35. The van der Waals surface area contributed by atoms with Crippen LogP contribution in [0.5, 0.6) is 0 Å². The molecule has 0 aromatic carbocycles. The van der Waals surface area contributed by atoms with Gasteiger partial charge in [-0.25, -0.2) is 22.5 Å². The standard InChI is InChI=1S/C28H27F3N8O5/c1-15-19(5-16(7-32-15)21-35-24(44-36-21)27(31)13-38(14-27)25(41)43-2)34-22(40)18-8-33-39-4-3-17(6-20(18)39)37-11-26(12-37)9-28(42,10-26)23(29)30/h3-8,23,42H,9-14H2,1-2H3,(H,34,40).